The van der Waals surface area contributed by atoms with Crippen LogP contribution in [0.5, 0.6) is 0 Å². The van der Waals surface area contributed by atoms with E-state index in [2.05, 4.69) is 24.0 Å². The van der Waals surface area contributed by atoms with Gasteiger partial charge in [0.05, 0.1) is 25.0 Å². The maximum atomic E-state index is 11.0. The Hall–Kier alpha value is -0.910. The van der Waals surface area contributed by atoms with Gasteiger partial charge in [-0.15, -0.1) is 0 Å². The first kappa shape index (κ1) is 13.1. The Morgan fingerprint density at radius 2 is 2.11 bits per heavy atom. The van der Waals surface area contributed by atoms with Crippen LogP contribution in [-0.2, 0) is 16.9 Å². The van der Waals surface area contributed by atoms with Crippen LogP contribution in [0, 0.1) is 0 Å². The summed E-state index contributed by atoms with van der Waals surface area (Å²) in [6, 6.07) is 0.624. The van der Waals surface area contributed by atoms with E-state index in [-0.39, 0.29) is 0 Å². The number of aryl methyl sites for hydroxylation is 1. The molecule has 1 aromatic heterocycles. The van der Waals surface area contributed by atoms with E-state index in [1.165, 1.54) is 0 Å². The van der Waals surface area contributed by atoms with Gasteiger partial charge in [-0.25, -0.2) is 0 Å². The third kappa shape index (κ3) is 2.30. The van der Waals surface area contributed by atoms with Crippen LogP contribution >= 0.6 is 0 Å². The number of nitrogens with zero attached hydrogens (tertiary/aromatic N) is 3. The number of ether oxygens (including phenoxy) is 1. The second-order valence-corrected chi connectivity index (χ2v) is 5.94. The topological polar surface area (TPSA) is 50.5 Å². The molecule has 2 saturated heterocycles. The molecule has 2 aliphatic rings. The molecule has 1 N–H and O–H groups in total. The van der Waals surface area contributed by atoms with Crippen LogP contribution in [-0.4, -0.2) is 52.1 Å². The molecule has 2 fully saturated rings. The fourth-order valence-corrected chi connectivity index (χ4v) is 3.33. The molecule has 0 saturated carbocycles. The lowest BCUT2D eigenvalue weighted by Crippen LogP contribution is -2.59. The third-order valence-corrected chi connectivity index (χ3v) is 4.54. The average Bonchev–Trinajstić information content (AvgIpc) is 2.81. The minimum atomic E-state index is -0.738. The highest BCUT2D eigenvalue weighted by molar-refractivity contribution is 5.19. The van der Waals surface area contributed by atoms with E-state index in [9.17, 15) is 5.11 Å². The van der Waals surface area contributed by atoms with Gasteiger partial charge in [-0.1, -0.05) is 6.92 Å². The largest absolute Gasteiger partial charge is 0.385 e. The highest BCUT2D eigenvalue weighted by Crippen LogP contribution is 2.40. The lowest BCUT2D eigenvalue weighted by atomic mass is 9.78. The van der Waals surface area contributed by atoms with Crippen molar-refractivity contribution in [3.05, 3.63) is 18.0 Å². The van der Waals surface area contributed by atoms with Gasteiger partial charge in [-0.2, -0.15) is 5.10 Å². The second-order valence-electron chi connectivity index (χ2n) is 5.94. The number of morpholine rings is 1. The Bertz CT molecular complexity index is 432. The van der Waals surface area contributed by atoms with Crippen LogP contribution in [0.1, 0.15) is 31.7 Å². The smallest absolute Gasteiger partial charge is 0.0958 e. The molecule has 19 heavy (non-hydrogen) atoms. The van der Waals surface area contributed by atoms with Gasteiger partial charge in [0.2, 0.25) is 0 Å². The molecule has 0 radical (unpaired) electrons. The van der Waals surface area contributed by atoms with E-state index >= 15 is 0 Å². The Balaban J connectivity index is 1.82. The fraction of sp³-hybridized carbons (Fsp3) is 0.786. The summed E-state index contributed by atoms with van der Waals surface area (Å²) >= 11 is 0. The minimum absolute atomic E-state index is 0.312. The number of likely N-dealkylation sites (N-methyl/N-ethyl adjacent to an activating group) is 1. The molecule has 106 valence electrons. The number of aromatic nitrogens is 2. The first-order chi connectivity index (χ1) is 9.12. The first-order valence-corrected chi connectivity index (χ1v) is 7.17. The van der Waals surface area contributed by atoms with Gasteiger partial charge in [-0.3, -0.25) is 9.58 Å². The summed E-state index contributed by atoms with van der Waals surface area (Å²) in [7, 11) is 2.14. The van der Waals surface area contributed by atoms with Crippen molar-refractivity contribution in [3.8, 4) is 0 Å². The molecule has 3 heterocycles. The normalized spacial score (nSPS) is 35.5. The summed E-state index contributed by atoms with van der Waals surface area (Å²) < 4.78 is 7.53. The monoisotopic (exact) mass is 265 g/mol. The van der Waals surface area contributed by atoms with Crippen molar-refractivity contribution < 1.29 is 9.84 Å². The van der Waals surface area contributed by atoms with Gasteiger partial charge in [0.15, 0.2) is 0 Å². The number of piperidine rings is 1. The SMILES string of the molecule is CCCn1cc(C2(O)CC3COCC(C2)N3C)cn1. The van der Waals surface area contributed by atoms with Crippen LogP contribution in [0.25, 0.3) is 0 Å². The lowest BCUT2D eigenvalue weighted by molar-refractivity contribution is -0.137. The van der Waals surface area contributed by atoms with Crippen molar-refractivity contribution in [1.82, 2.24) is 14.7 Å². The summed E-state index contributed by atoms with van der Waals surface area (Å²) in [5, 5.41) is 15.4. The molecule has 2 bridgehead atoms. The summed E-state index contributed by atoms with van der Waals surface area (Å²) in [6.45, 7) is 4.48. The van der Waals surface area contributed by atoms with Gasteiger partial charge < -0.3 is 9.84 Å². The third-order valence-electron chi connectivity index (χ3n) is 4.54. The van der Waals surface area contributed by atoms with Gasteiger partial charge in [-0.05, 0) is 26.3 Å². The molecule has 2 atom stereocenters. The van der Waals surface area contributed by atoms with Crippen molar-refractivity contribution in [3.63, 3.8) is 0 Å². The van der Waals surface area contributed by atoms with E-state index in [4.69, 9.17) is 4.74 Å². The van der Waals surface area contributed by atoms with E-state index in [1.54, 1.807) is 0 Å². The van der Waals surface area contributed by atoms with Gasteiger partial charge in [0.25, 0.3) is 0 Å². The maximum absolute atomic E-state index is 11.0. The van der Waals surface area contributed by atoms with Gasteiger partial charge in [0, 0.05) is 30.4 Å². The average molecular weight is 265 g/mol. The first-order valence-electron chi connectivity index (χ1n) is 7.17. The Morgan fingerprint density at radius 1 is 1.42 bits per heavy atom. The van der Waals surface area contributed by atoms with E-state index in [0.29, 0.717) is 12.1 Å². The molecule has 2 unspecified atom stereocenters. The molecule has 5 heteroatoms. The molecule has 1 aromatic rings. The number of hydrogen-bond donors (Lipinski definition) is 1. The van der Waals surface area contributed by atoms with Crippen LogP contribution < -0.4 is 0 Å². The van der Waals surface area contributed by atoms with Crippen molar-refractivity contribution >= 4 is 0 Å². The van der Waals surface area contributed by atoms with Gasteiger partial charge >= 0.3 is 0 Å². The molecule has 0 aliphatic carbocycles. The summed E-state index contributed by atoms with van der Waals surface area (Å²) in [4.78, 5) is 2.36. The predicted molar refractivity (Wildman–Crippen MR) is 71.8 cm³/mol. The van der Waals surface area contributed by atoms with Crippen molar-refractivity contribution in [2.45, 2.75) is 50.4 Å². The summed E-state index contributed by atoms with van der Waals surface area (Å²) in [5.74, 6) is 0. The second kappa shape index (κ2) is 4.89. The molecular formula is C14H23N3O2. The Kier molecular flexibility index (Phi) is 3.37. The highest BCUT2D eigenvalue weighted by atomic mass is 16.5. The van der Waals surface area contributed by atoms with Crippen LogP contribution in [0.4, 0.5) is 0 Å². The molecule has 3 rings (SSSR count). The minimum Gasteiger partial charge on any atom is -0.385 e. The molecule has 2 aliphatic heterocycles. The standard InChI is InChI=1S/C14H23N3O2/c1-3-4-17-8-11(7-15-17)14(18)5-12-9-19-10-13(6-14)16(12)2/h7-8,12-13,18H,3-6,9-10H2,1-2H3. The van der Waals surface area contributed by atoms with E-state index in [1.807, 2.05) is 17.1 Å². The van der Waals surface area contributed by atoms with Crippen molar-refractivity contribution in [2.75, 3.05) is 20.3 Å². The van der Waals surface area contributed by atoms with Crippen LogP contribution in [0.2, 0.25) is 0 Å². The lowest BCUT2D eigenvalue weighted by Gasteiger charge is -2.50. The Morgan fingerprint density at radius 3 is 2.74 bits per heavy atom. The highest BCUT2D eigenvalue weighted by Gasteiger charge is 2.46. The zero-order chi connectivity index (χ0) is 13.5. The molecule has 0 amide bonds. The number of rotatable bonds is 3. The zero-order valence-electron chi connectivity index (χ0n) is 11.7. The quantitative estimate of drug-likeness (QED) is 0.885. The number of hydrogen-bond acceptors (Lipinski definition) is 4. The van der Waals surface area contributed by atoms with Crippen molar-refractivity contribution in [1.29, 1.82) is 0 Å². The molecule has 0 spiro atoms. The number of fused-ring (bicyclic) bond motifs is 2. The Labute approximate surface area is 114 Å². The number of aliphatic hydroxyl groups is 1. The predicted octanol–water partition coefficient (Wildman–Crippen LogP) is 0.974. The summed E-state index contributed by atoms with van der Waals surface area (Å²) in [5.41, 5.74) is 0.225. The van der Waals surface area contributed by atoms with Gasteiger partial charge in [0.1, 0.15) is 0 Å². The maximum Gasteiger partial charge on any atom is 0.0958 e. The molecule has 0 aromatic carbocycles. The summed E-state index contributed by atoms with van der Waals surface area (Å²) in [6.07, 6.45) is 6.36. The van der Waals surface area contributed by atoms with E-state index < -0.39 is 5.60 Å². The zero-order valence-corrected chi connectivity index (χ0v) is 11.7. The van der Waals surface area contributed by atoms with Crippen molar-refractivity contribution in [2.24, 2.45) is 0 Å². The van der Waals surface area contributed by atoms with Crippen LogP contribution in [0.15, 0.2) is 12.4 Å². The fourth-order valence-electron chi connectivity index (χ4n) is 3.33. The van der Waals surface area contributed by atoms with E-state index in [0.717, 1.165) is 44.6 Å². The molecular weight excluding hydrogens is 242 g/mol. The molecule has 5 nitrogen and oxygen atoms in total. The van der Waals surface area contributed by atoms with Crippen LogP contribution in [0.3, 0.4) is 0 Å².